The summed E-state index contributed by atoms with van der Waals surface area (Å²) in [4.78, 5) is 11.9. The topological polar surface area (TPSA) is 67.2 Å². The van der Waals surface area contributed by atoms with Crippen LogP contribution >= 0.6 is 34.9 Å². The molecule has 0 bridgehead atoms. The Bertz CT molecular complexity index is 895. The third-order valence-corrected chi connectivity index (χ3v) is 6.66. The minimum atomic E-state index is -0.169. The molecule has 27 heavy (non-hydrogen) atoms. The Labute approximate surface area is 170 Å². The average molecular weight is 415 g/mol. The van der Waals surface area contributed by atoms with E-state index in [1.54, 1.807) is 18.0 Å². The first kappa shape index (κ1) is 19.6. The average Bonchev–Trinajstić information content (AvgIpc) is 3.15. The minimum absolute atomic E-state index is 0.169. The van der Waals surface area contributed by atoms with Crippen molar-refractivity contribution in [2.75, 3.05) is 5.75 Å². The van der Waals surface area contributed by atoms with Crippen molar-refractivity contribution in [1.29, 1.82) is 0 Å². The molecule has 0 spiro atoms. The molecule has 1 aromatic heterocycles. The van der Waals surface area contributed by atoms with Crippen LogP contribution in [0.4, 0.5) is 0 Å². The van der Waals surface area contributed by atoms with Crippen molar-refractivity contribution >= 4 is 47.0 Å². The van der Waals surface area contributed by atoms with Gasteiger partial charge in [0, 0.05) is 5.75 Å². The van der Waals surface area contributed by atoms with E-state index in [1.807, 2.05) is 49.4 Å². The number of hydrogen-bond donors (Lipinski definition) is 1. The van der Waals surface area contributed by atoms with E-state index in [0.29, 0.717) is 0 Å². The fourth-order valence-corrected chi connectivity index (χ4v) is 4.79. The highest BCUT2D eigenvalue weighted by Crippen LogP contribution is 2.30. The predicted molar refractivity (Wildman–Crippen MR) is 114 cm³/mol. The van der Waals surface area contributed by atoms with Gasteiger partial charge in [-0.3, -0.25) is 4.79 Å². The molecule has 0 saturated heterocycles. The Morgan fingerprint density at radius 1 is 1.07 bits per heavy atom. The van der Waals surface area contributed by atoms with Crippen molar-refractivity contribution in [3.63, 3.8) is 0 Å². The first-order valence-electron chi connectivity index (χ1n) is 8.20. The Kier molecular flexibility index (Phi) is 7.44. The van der Waals surface area contributed by atoms with Gasteiger partial charge in [0.1, 0.15) is 0 Å². The Balaban J connectivity index is 1.40. The Morgan fingerprint density at radius 3 is 2.52 bits per heavy atom. The van der Waals surface area contributed by atoms with Crippen LogP contribution in [0, 0.1) is 6.92 Å². The van der Waals surface area contributed by atoms with Gasteiger partial charge in [-0.2, -0.15) is 5.10 Å². The van der Waals surface area contributed by atoms with E-state index in [0.717, 1.165) is 20.0 Å². The number of aromatic nitrogens is 2. The molecule has 8 heteroatoms. The fraction of sp³-hybridized carbons (Fsp3) is 0.158. The second-order valence-corrected chi connectivity index (χ2v) is 9.02. The van der Waals surface area contributed by atoms with Gasteiger partial charge in [0.25, 0.3) is 5.91 Å². The summed E-state index contributed by atoms with van der Waals surface area (Å²) in [5.74, 6) is 0.939. The molecule has 2 aromatic carbocycles. The lowest BCUT2D eigenvalue weighted by Gasteiger charge is -1.98. The summed E-state index contributed by atoms with van der Waals surface area (Å²) in [6.07, 6.45) is 1.63. The van der Waals surface area contributed by atoms with Crippen LogP contribution in [-0.4, -0.2) is 28.1 Å². The lowest BCUT2D eigenvalue weighted by molar-refractivity contribution is -0.118. The molecule has 0 fully saturated rings. The molecule has 138 valence electrons. The lowest BCUT2D eigenvalue weighted by Crippen LogP contribution is -2.19. The number of amides is 1. The first-order valence-corrected chi connectivity index (χ1v) is 11.0. The summed E-state index contributed by atoms with van der Waals surface area (Å²) in [6, 6.07) is 18.1. The number of hydrogen-bond acceptors (Lipinski definition) is 7. The second kappa shape index (κ2) is 10.2. The highest BCUT2D eigenvalue weighted by Gasteiger charge is 2.08. The third kappa shape index (κ3) is 6.82. The van der Waals surface area contributed by atoms with Crippen molar-refractivity contribution in [2.24, 2.45) is 5.10 Å². The number of carbonyl (C=O) groups is 1. The van der Waals surface area contributed by atoms with E-state index >= 15 is 0 Å². The third-order valence-electron chi connectivity index (χ3n) is 3.40. The molecule has 0 aliphatic rings. The number of nitrogens with zero attached hydrogens (tertiary/aromatic N) is 3. The van der Waals surface area contributed by atoms with Crippen LogP contribution in [0.5, 0.6) is 0 Å². The molecule has 1 N–H and O–H groups in total. The summed E-state index contributed by atoms with van der Waals surface area (Å²) in [5, 5.41) is 12.3. The van der Waals surface area contributed by atoms with Crippen molar-refractivity contribution in [1.82, 2.24) is 15.6 Å². The van der Waals surface area contributed by atoms with E-state index < -0.39 is 0 Å². The van der Waals surface area contributed by atoms with Gasteiger partial charge >= 0.3 is 0 Å². The molecule has 0 aliphatic heterocycles. The summed E-state index contributed by atoms with van der Waals surface area (Å²) >= 11 is 4.51. The maximum atomic E-state index is 11.9. The van der Waals surface area contributed by atoms with Gasteiger partial charge < -0.3 is 0 Å². The molecular formula is C19H18N4OS3. The van der Waals surface area contributed by atoms with Gasteiger partial charge in [-0.1, -0.05) is 95.0 Å². The first-order chi connectivity index (χ1) is 13.2. The molecule has 0 radical (unpaired) electrons. The predicted octanol–water partition coefficient (Wildman–Crippen LogP) is 4.38. The highest BCUT2D eigenvalue weighted by molar-refractivity contribution is 8.03. The van der Waals surface area contributed by atoms with E-state index in [4.69, 9.17) is 0 Å². The van der Waals surface area contributed by atoms with Crippen LogP contribution in [0.3, 0.4) is 0 Å². The van der Waals surface area contributed by atoms with Crippen LogP contribution in [0.2, 0.25) is 0 Å². The molecule has 3 aromatic rings. The molecule has 0 atom stereocenters. The summed E-state index contributed by atoms with van der Waals surface area (Å²) in [7, 11) is 0. The summed E-state index contributed by atoms with van der Waals surface area (Å²) in [5.41, 5.74) is 5.91. The minimum Gasteiger partial charge on any atom is -0.272 e. The number of rotatable bonds is 8. The SMILES string of the molecule is Cc1ccc(C=NNC(=O)CSc2nnc(SCc3ccccc3)s2)cc1. The van der Waals surface area contributed by atoms with Crippen molar-refractivity contribution < 1.29 is 4.79 Å². The van der Waals surface area contributed by atoms with Gasteiger partial charge in [-0.25, -0.2) is 5.43 Å². The number of aryl methyl sites for hydroxylation is 1. The molecule has 1 amide bonds. The van der Waals surface area contributed by atoms with Crippen LogP contribution in [0.1, 0.15) is 16.7 Å². The number of carbonyl (C=O) groups excluding carboxylic acids is 1. The Hall–Kier alpha value is -2.16. The zero-order valence-corrected chi connectivity index (χ0v) is 17.1. The van der Waals surface area contributed by atoms with Crippen molar-refractivity contribution in [2.45, 2.75) is 21.4 Å². The maximum Gasteiger partial charge on any atom is 0.250 e. The summed E-state index contributed by atoms with van der Waals surface area (Å²) < 4.78 is 1.68. The van der Waals surface area contributed by atoms with Crippen LogP contribution in [0.25, 0.3) is 0 Å². The van der Waals surface area contributed by atoms with Gasteiger partial charge in [0.15, 0.2) is 8.68 Å². The maximum absolute atomic E-state index is 11.9. The van der Waals surface area contributed by atoms with Crippen LogP contribution in [0.15, 0.2) is 68.4 Å². The molecule has 0 saturated carbocycles. The zero-order chi connectivity index (χ0) is 18.9. The molecule has 0 aliphatic carbocycles. The zero-order valence-electron chi connectivity index (χ0n) is 14.7. The van der Waals surface area contributed by atoms with Gasteiger partial charge in [0.05, 0.1) is 12.0 Å². The Morgan fingerprint density at radius 2 is 1.78 bits per heavy atom. The monoisotopic (exact) mass is 414 g/mol. The van der Waals surface area contributed by atoms with Crippen molar-refractivity contribution in [3.8, 4) is 0 Å². The van der Waals surface area contributed by atoms with Crippen molar-refractivity contribution in [3.05, 3.63) is 71.3 Å². The number of thioether (sulfide) groups is 2. The van der Waals surface area contributed by atoms with Gasteiger partial charge in [-0.05, 0) is 18.1 Å². The molecule has 1 heterocycles. The number of benzene rings is 2. The van der Waals surface area contributed by atoms with E-state index in [9.17, 15) is 4.79 Å². The normalized spacial score (nSPS) is 11.0. The smallest absolute Gasteiger partial charge is 0.250 e. The van der Waals surface area contributed by atoms with E-state index in [1.165, 1.54) is 34.2 Å². The lowest BCUT2D eigenvalue weighted by atomic mass is 10.2. The van der Waals surface area contributed by atoms with Gasteiger partial charge in [0.2, 0.25) is 0 Å². The van der Waals surface area contributed by atoms with E-state index in [-0.39, 0.29) is 11.7 Å². The fourth-order valence-electron chi connectivity index (χ4n) is 2.02. The van der Waals surface area contributed by atoms with Gasteiger partial charge in [-0.15, -0.1) is 10.2 Å². The van der Waals surface area contributed by atoms with E-state index in [2.05, 4.69) is 32.9 Å². The van der Waals surface area contributed by atoms with Crippen LogP contribution < -0.4 is 5.43 Å². The number of hydrazone groups is 1. The second-order valence-electron chi connectivity index (χ2n) is 5.60. The van der Waals surface area contributed by atoms with Crippen LogP contribution in [-0.2, 0) is 10.5 Å². The largest absolute Gasteiger partial charge is 0.272 e. The molecule has 0 unspecified atom stereocenters. The molecular weight excluding hydrogens is 396 g/mol. The molecule has 3 rings (SSSR count). The highest BCUT2D eigenvalue weighted by atomic mass is 32.2. The molecule has 5 nitrogen and oxygen atoms in total. The quantitative estimate of drug-likeness (QED) is 0.337. The number of nitrogens with one attached hydrogen (secondary N) is 1. The summed E-state index contributed by atoms with van der Waals surface area (Å²) in [6.45, 7) is 2.03. The standard InChI is InChI=1S/C19H18N4OS3/c1-14-7-9-15(10-8-14)11-20-21-17(24)13-26-19-23-22-18(27-19)25-12-16-5-3-2-4-6-16/h2-11H,12-13H2,1H3,(H,21,24).